The maximum absolute atomic E-state index is 13.2. The largest absolute Gasteiger partial charge is 0.417 e. The zero-order valence-electron chi connectivity index (χ0n) is 17.2. The number of benzene rings is 1. The van der Waals surface area contributed by atoms with Crippen molar-refractivity contribution in [2.24, 2.45) is 0 Å². The topological polar surface area (TPSA) is 57.7 Å². The van der Waals surface area contributed by atoms with Gasteiger partial charge in [0.2, 0.25) is 5.91 Å². The van der Waals surface area contributed by atoms with E-state index < -0.39 is 11.7 Å². The van der Waals surface area contributed by atoms with Crippen LogP contribution in [0.15, 0.2) is 42.7 Å². The van der Waals surface area contributed by atoms with Crippen molar-refractivity contribution in [3.63, 3.8) is 0 Å². The molecule has 1 aromatic carbocycles. The molecule has 1 aromatic heterocycles. The molecule has 0 radical (unpaired) electrons. The maximum Gasteiger partial charge on any atom is 0.417 e. The SMILES string of the molecule is CC(=O)N[C@@H]1CCN(c2cncc(C(F)(F)F)c2)[C@@H]1c1ccc(N2CCOCC2)cc1. The van der Waals surface area contributed by atoms with Gasteiger partial charge in [-0.25, -0.2) is 0 Å². The summed E-state index contributed by atoms with van der Waals surface area (Å²) >= 11 is 0. The van der Waals surface area contributed by atoms with Gasteiger partial charge in [0, 0.05) is 38.4 Å². The Bertz CT molecular complexity index is 914. The number of rotatable bonds is 4. The van der Waals surface area contributed by atoms with Gasteiger partial charge in [-0.3, -0.25) is 9.78 Å². The Balaban J connectivity index is 1.64. The third-order valence-corrected chi connectivity index (χ3v) is 5.78. The summed E-state index contributed by atoms with van der Waals surface area (Å²) in [5.74, 6) is -0.163. The third kappa shape index (κ3) is 4.76. The number of halogens is 3. The van der Waals surface area contributed by atoms with Crippen LogP contribution in [0.25, 0.3) is 0 Å². The molecule has 2 saturated heterocycles. The summed E-state index contributed by atoms with van der Waals surface area (Å²) in [4.78, 5) is 19.7. The molecule has 0 saturated carbocycles. The molecule has 166 valence electrons. The Morgan fingerprint density at radius 1 is 1.10 bits per heavy atom. The molecular formula is C22H25F3N4O2. The highest BCUT2D eigenvalue weighted by atomic mass is 19.4. The maximum atomic E-state index is 13.2. The summed E-state index contributed by atoms with van der Waals surface area (Å²) in [5, 5.41) is 2.96. The van der Waals surface area contributed by atoms with Crippen molar-refractivity contribution in [1.82, 2.24) is 10.3 Å². The molecule has 2 atom stereocenters. The molecule has 1 N–H and O–H groups in total. The van der Waals surface area contributed by atoms with E-state index in [4.69, 9.17) is 4.74 Å². The first-order chi connectivity index (χ1) is 14.8. The van der Waals surface area contributed by atoms with Gasteiger partial charge in [-0.05, 0) is 30.2 Å². The number of pyridine rings is 1. The van der Waals surface area contributed by atoms with Crippen LogP contribution in [0.5, 0.6) is 0 Å². The zero-order chi connectivity index (χ0) is 22.0. The lowest BCUT2D eigenvalue weighted by atomic mass is 9.99. The number of aromatic nitrogens is 1. The summed E-state index contributed by atoms with van der Waals surface area (Å²) in [6.45, 7) is 4.98. The first kappa shape index (κ1) is 21.4. The Labute approximate surface area is 179 Å². The highest BCUT2D eigenvalue weighted by Gasteiger charge is 2.38. The summed E-state index contributed by atoms with van der Waals surface area (Å²) in [6.07, 6.45) is -1.56. The van der Waals surface area contributed by atoms with E-state index in [9.17, 15) is 18.0 Å². The van der Waals surface area contributed by atoms with Gasteiger partial charge in [-0.15, -0.1) is 0 Å². The van der Waals surface area contributed by atoms with Crippen molar-refractivity contribution >= 4 is 17.3 Å². The van der Waals surface area contributed by atoms with Crippen molar-refractivity contribution in [1.29, 1.82) is 0 Å². The van der Waals surface area contributed by atoms with Crippen molar-refractivity contribution < 1.29 is 22.7 Å². The fourth-order valence-corrected chi connectivity index (χ4v) is 4.35. The van der Waals surface area contributed by atoms with Gasteiger partial charge < -0.3 is 19.9 Å². The van der Waals surface area contributed by atoms with Gasteiger partial charge in [-0.2, -0.15) is 13.2 Å². The first-order valence-electron chi connectivity index (χ1n) is 10.3. The molecule has 0 unspecified atom stereocenters. The van der Waals surface area contributed by atoms with Gasteiger partial charge in [0.1, 0.15) is 0 Å². The first-order valence-corrected chi connectivity index (χ1v) is 10.3. The van der Waals surface area contributed by atoms with E-state index in [0.717, 1.165) is 36.6 Å². The minimum Gasteiger partial charge on any atom is -0.378 e. The second-order valence-electron chi connectivity index (χ2n) is 7.85. The van der Waals surface area contributed by atoms with Crippen LogP contribution in [0.4, 0.5) is 24.5 Å². The predicted molar refractivity (Wildman–Crippen MR) is 111 cm³/mol. The highest BCUT2D eigenvalue weighted by Crippen LogP contribution is 2.39. The van der Waals surface area contributed by atoms with Crippen LogP contribution in [0, 0.1) is 0 Å². The van der Waals surface area contributed by atoms with Crippen molar-refractivity contribution in [2.45, 2.75) is 31.6 Å². The number of nitrogens with zero attached hydrogens (tertiary/aromatic N) is 3. The fourth-order valence-electron chi connectivity index (χ4n) is 4.35. The molecule has 6 nitrogen and oxygen atoms in total. The molecule has 2 aliphatic rings. The number of nitrogens with one attached hydrogen (secondary N) is 1. The normalized spacial score (nSPS) is 21.9. The van der Waals surface area contributed by atoms with Gasteiger partial charge in [0.05, 0.1) is 42.7 Å². The highest BCUT2D eigenvalue weighted by molar-refractivity contribution is 5.73. The minimum absolute atomic E-state index is 0.163. The number of carbonyl (C=O) groups is 1. The van der Waals surface area contributed by atoms with Crippen molar-refractivity contribution in [2.75, 3.05) is 42.6 Å². The molecule has 1 amide bonds. The smallest absolute Gasteiger partial charge is 0.378 e. The van der Waals surface area contributed by atoms with Crippen molar-refractivity contribution in [3.05, 3.63) is 53.9 Å². The number of amides is 1. The van der Waals surface area contributed by atoms with Crippen molar-refractivity contribution in [3.8, 4) is 0 Å². The Hall–Kier alpha value is -2.81. The van der Waals surface area contributed by atoms with E-state index >= 15 is 0 Å². The van der Waals surface area contributed by atoms with Crippen LogP contribution in [0.1, 0.15) is 30.5 Å². The average Bonchev–Trinajstić information content (AvgIpc) is 3.17. The number of carbonyl (C=O) groups excluding carboxylic acids is 1. The molecule has 2 aliphatic heterocycles. The molecule has 9 heteroatoms. The number of morpholine rings is 1. The van der Waals surface area contributed by atoms with Gasteiger partial charge >= 0.3 is 6.18 Å². The fraction of sp³-hybridized carbons (Fsp3) is 0.455. The van der Waals surface area contributed by atoms with E-state index in [-0.39, 0.29) is 18.0 Å². The van der Waals surface area contributed by atoms with Crippen LogP contribution < -0.4 is 15.1 Å². The number of anilines is 2. The molecule has 0 bridgehead atoms. The summed E-state index contributed by atoms with van der Waals surface area (Å²) in [6, 6.07) is 8.65. The van der Waals surface area contributed by atoms with E-state index in [0.29, 0.717) is 31.9 Å². The average molecular weight is 434 g/mol. The number of alkyl halides is 3. The number of ether oxygens (including phenoxy) is 1. The third-order valence-electron chi connectivity index (χ3n) is 5.78. The summed E-state index contributed by atoms with van der Waals surface area (Å²) in [5.41, 5.74) is 1.62. The van der Waals surface area contributed by atoms with E-state index in [1.54, 1.807) is 0 Å². The van der Waals surface area contributed by atoms with Gasteiger partial charge in [0.25, 0.3) is 0 Å². The molecule has 2 aromatic rings. The zero-order valence-corrected chi connectivity index (χ0v) is 17.2. The molecule has 2 fully saturated rings. The molecule has 0 spiro atoms. The van der Waals surface area contributed by atoms with E-state index in [2.05, 4.69) is 15.2 Å². The Morgan fingerprint density at radius 2 is 1.81 bits per heavy atom. The minimum atomic E-state index is -4.46. The number of hydrogen-bond acceptors (Lipinski definition) is 5. The second-order valence-corrected chi connectivity index (χ2v) is 7.85. The molecule has 3 heterocycles. The summed E-state index contributed by atoms with van der Waals surface area (Å²) in [7, 11) is 0. The lowest BCUT2D eigenvalue weighted by Crippen LogP contribution is -2.39. The Morgan fingerprint density at radius 3 is 2.45 bits per heavy atom. The quantitative estimate of drug-likeness (QED) is 0.800. The van der Waals surface area contributed by atoms with E-state index in [1.165, 1.54) is 13.1 Å². The van der Waals surface area contributed by atoms with Crippen LogP contribution in [-0.4, -0.2) is 49.8 Å². The summed E-state index contributed by atoms with van der Waals surface area (Å²) < 4.78 is 45.0. The molecule has 4 rings (SSSR count). The van der Waals surface area contributed by atoms with Gasteiger partial charge in [-0.1, -0.05) is 12.1 Å². The Kier molecular flexibility index (Phi) is 6.04. The van der Waals surface area contributed by atoms with Crippen LogP contribution in [0.3, 0.4) is 0 Å². The van der Waals surface area contributed by atoms with Crippen LogP contribution in [0.2, 0.25) is 0 Å². The molecule has 0 aliphatic carbocycles. The van der Waals surface area contributed by atoms with Gasteiger partial charge in [0.15, 0.2) is 0 Å². The monoisotopic (exact) mass is 434 g/mol. The van der Waals surface area contributed by atoms with Crippen LogP contribution in [-0.2, 0) is 15.7 Å². The standard InChI is InChI=1S/C22H25F3N4O2/c1-15(30)27-20-6-7-29(19-12-17(13-26-14-19)22(23,24)25)21(20)16-2-4-18(5-3-16)28-8-10-31-11-9-28/h2-5,12-14,20-21H,6-11H2,1H3,(H,27,30)/t20-,21-/m1/s1. The van der Waals surface area contributed by atoms with Crippen LogP contribution >= 0.6 is 0 Å². The number of hydrogen-bond donors (Lipinski definition) is 1. The molecule has 31 heavy (non-hydrogen) atoms. The predicted octanol–water partition coefficient (Wildman–Crippen LogP) is 3.39. The van der Waals surface area contributed by atoms with E-state index in [1.807, 2.05) is 29.2 Å². The lowest BCUT2D eigenvalue weighted by molar-refractivity contribution is -0.137. The lowest BCUT2D eigenvalue weighted by Gasteiger charge is -2.32. The molecular weight excluding hydrogens is 409 g/mol. The second kappa shape index (κ2) is 8.74.